The molecule has 3 rings (SSSR count). The van der Waals surface area contributed by atoms with Gasteiger partial charge in [-0.3, -0.25) is 9.52 Å². The van der Waals surface area contributed by atoms with E-state index >= 15 is 0 Å². The van der Waals surface area contributed by atoms with Crippen molar-refractivity contribution in [3.63, 3.8) is 0 Å². The summed E-state index contributed by atoms with van der Waals surface area (Å²) in [7, 11) is -4.22. The highest BCUT2D eigenvalue weighted by atomic mass is 35.5. The number of halogens is 2. The fraction of sp³-hybridized carbons (Fsp3) is 0.444. The molecule has 3 N–H and O–H groups in total. The van der Waals surface area contributed by atoms with Crippen LogP contribution in [-0.4, -0.2) is 55.7 Å². The number of anilines is 1. The van der Waals surface area contributed by atoms with E-state index in [-0.39, 0.29) is 42.7 Å². The van der Waals surface area contributed by atoms with Crippen molar-refractivity contribution in [2.75, 3.05) is 17.9 Å². The van der Waals surface area contributed by atoms with Crippen LogP contribution < -0.4 is 10.0 Å². The molecule has 1 heterocycles. The molecule has 1 aromatic rings. The quantitative estimate of drug-likeness (QED) is 0.606. The molecular formula is C18H20ClFN2O7S. The van der Waals surface area contributed by atoms with Gasteiger partial charge in [0.15, 0.2) is 5.79 Å². The average Bonchev–Trinajstić information content (AvgIpc) is 2.65. The van der Waals surface area contributed by atoms with E-state index in [2.05, 4.69) is 10.0 Å². The summed E-state index contributed by atoms with van der Waals surface area (Å²) < 4.78 is 52.5. The van der Waals surface area contributed by atoms with E-state index in [0.717, 1.165) is 24.3 Å². The van der Waals surface area contributed by atoms with Gasteiger partial charge in [-0.1, -0.05) is 11.6 Å². The van der Waals surface area contributed by atoms with Crippen molar-refractivity contribution in [2.45, 2.75) is 36.8 Å². The molecule has 2 aliphatic rings. The van der Waals surface area contributed by atoms with Crippen LogP contribution in [0.1, 0.15) is 19.8 Å². The minimum Gasteiger partial charge on any atom is -0.478 e. The number of rotatable bonds is 5. The van der Waals surface area contributed by atoms with Crippen LogP contribution in [0.3, 0.4) is 0 Å². The molecule has 1 aliphatic carbocycles. The Morgan fingerprint density at radius 2 is 1.97 bits per heavy atom. The highest BCUT2D eigenvalue weighted by Gasteiger charge is 2.46. The summed E-state index contributed by atoms with van der Waals surface area (Å²) in [5, 5.41) is 10.7. The predicted octanol–water partition coefficient (Wildman–Crippen LogP) is 1.64. The van der Waals surface area contributed by atoms with E-state index in [4.69, 9.17) is 21.1 Å². The number of sulfonamides is 1. The normalized spacial score (nSPS) is 26.7. The third-order valence-corrected chi connectivity index (χ3v) is 6.80. The summed E-state index contributed by atoms with van der Waals surface area (Å²) in [4.78, 5) is 23.0. The molecular weight excluding hydrogens is 443 g/mol. The molecule has 12 heteroatoms. The first-order valence-corrected chi connectivity index (χ1v) is 10.9. The number of carbonyl (C=O) groups is 2. The summed E-state index contributed by atoms with van der Waals surface area (Å²) in [6.45, 7) is 1.52. The number of amides is 1. The summed E-state index contributed by atoms with van der Waals surface area (Å²) in [5.74, 6) is -3.73. The van der Waals surface area contributed by atoms with Gasteiger partial charge >= 0.3 is 5.97 Å². The van der Waals surface area contributed by atoms with E-state index < -0.39 is 44.5 Å². The molecule has 1 amide bonds. The summed E-state index contributed by atoms with van der Waals surface area (Å²) in [6, 6.07) is 2.74. The molecule has 0 saturated carbocycles. The van der Waals surface area contributed by atoms with Crippen molar-refractivity contribution < 1.29 is 37.0 Å². The molecule has 30 heavy (non-hydrogen) atoms. The molecule has 1 aromatic carbocycles. The predicted molar refractivity (Wildman–Crippen MR) is 105 cm³/mol. The topological polar surface area (TPSA) is 131 Å². The van der Waals surface area contributed by atoms with Gasteiger partial charge in [-0.25, -0.2) is 17.6 Å². The van der Waals surface area contributed by atoms with E-state index in [0.29, 0.717) is 0 Å². The van der Waals surface area contributed by atoms with Crippen molar-refractivity contribution in [1.82, 2.24) is 5.32 Å². The molecule has 1 saturated heterocycles. The number of nitrogens with one attached hydrogen (secondary N) is 2. The summed E-state index contributed by atoms with van der Waals surface area (Å²) in [6.07, 6.45) is 1.13. The zero-order valence-corrected chi connectivity index (χ0v) is 17.4. The Balaban J connectivity index is 1.82. The number of carbonyl (C=O) groups excluding carboxylic acids is 1. The average molecular weight is 463 g/mol. The molecule has 1 atom stereocenters. The van der Waals surface area contributed by atoms with Crippen molar-refractivity contribution in [3.05, 3.63) is 40.7 Å². The second-order valence-electron chi connectivity index (χ2n) is 7.03. The molecule has 0 bridgehead atoms. The van der Waals surface area contributed by atoms with E-state index in [1.165, 1.54) is 6.92 Å². The molecule has 0 radical (unpaired) electrons. The van der Waals surface area contributed by atoms with Gasteiger partial charge in [0, 0.05) is 13.3 Å². The van der Waals surface area contributed by atoms with Crippen LogP contribution >= 0.6 is 11.6 Å². The van der Waals surface area contributed by atoms with Crippen LogP contribution in [0, 0.1) is 5.82 Å². The number of carboxylic acids is 1. The first-order valence-electron chi connectivity index (χ1n) is 8.99. The van der Waals surface area contributed by atoms with Gasteiger partial charge in [0.2, 0.25) is 15.9 Å². The molecule has 1 spiro atoms. The van der Waals surface area contributed by atoms with Gasteiger partial charge in [0.1, 0.15) is 11.1 Å². The minimum atomic E-state index is -4.22. The molecule has 164 valence electrons. The lowest BCUT2D eigenvalue weighted by molar-refractivity contribution is -0.250. The van der Waals surface area contributed by atoms with Crippen LogP contribution in [0.2, 0.25) is 5.02 Å². The number of carboxylic acid groups (broad SMARTS) is 1. The van der Waals surface area contributed by atoms with Gasteiger partial charge < -0.3 is 19.9 Å². The van der Waals surface area contributed by atoms with Crippen molar-refractivity contribution >= 4 is 39.2 Å². The van der Waals surface area contributed by atoms with Crippen LogP contribution in [-0.2, 0) is 29.1 Å². The van der Waals surface area contributed by atoms with E-state index in [1.54, 1.807) is 0 Å². The Hall–Kier alpha value is -2.21. The largest absolute Gasteiger partial charge is 0.478 e. The fourth-order valence-electron chi connectivity index (χ4n) is 3.38. The van der Waals surface area contributed by atoms with Crippen LogP contribution in [0.25, 0.3) is 0 Å². The number of hydrogen-bond donors (Lipinski definition) is 3. The summed E-state index contributed by atoms with van der Waals surface area (Å²) in [5.41, 5.74) is -0.476. The van der Waals surface area contributed by atoms with Gasteiger partial charge in [-0.2, -0.15) is 0 Å². The lowest BCUT2D eigenvalue weighted by Gasteiger charge is -2.41. The Labute approximate surface area is 177 Å². The molecule has 1 unspecified atom stereocenters. The molecule has 1 aliphatic heterocycles. The maximum absolute atomic E-state index is 13.2. The smallest absolute Gasteiger partial charge is 0.332 e. The third-order valence-electron chi connectivity index (χ3n) is 4.75. The zero-order chi connectivity index (χ0) is 22.1. The van der Waals surface area contributed by atoms with E-state index in [9.17, 15) is 27.5 Å². The minimum absolute atomic E-state index is 0.0635. The van der Waals surface area contributed by atoms with Crippen LogP contribution in [0.4, 0.5) is 10.1 Å². The first kappa shape index (κ1) is 22.5. The van der Waals surface area contributed by atoms with Gasteiger partial charge in [0.25, 0.3) is 0 Å². The van der Waals surface area contributed by atoms with Gasteiger partial charge in [0.05, 0.1) is 35.5 Å². The van der Waals surface area contributed by atoms with Crippen LogP contribution in [0.15, 0.2) is 29.8 Å². The third kappa shape index (κ3) is 4.91. The number of ether oxygens (including phenoxy) is 2. The lowest BCUT2D eigenvalue weighted by atomic mass is 9.93. The molecule has 0 aromatic heterocycles. The Kier molecular flexibility index (Phi) is 6.37. The number of benzene rings is 1. The maximum atomic E-state index is 13.2. The Morgan fingerprint density at radius 3 is 2.53 bits per heavy atom. The highest BCUT2D eigenvalue weighted by Crippen LogP contribution is 2.37. The fourth-order valence-corrected chi connectivity index (χ4v) is 5.21. The standard InChI is InChI=1S/C18H20ClFN2O7S/c1-10(23)21-12-8-28-18(29-9-12)5-4-16(13(7-18)17(24)25)30(26,27)22-15-3-2-11(20)6-14(15)19/h2-3,6-7,12,16,22H,4-5,8-9H2,1H3,(H,21,23)(H,24,25). The Bertz CT molecular complexity index is 990. The second kappa shape index (κ2) is 8.50. The number of hydrogen-bond acceptors (Lipinski definition) is 6. The molecule has 1 fully saturated rings. The Morgan fingerprint density at radius 1 is 1.30 bits per heavy atom. The van der Waals surface area contributed by atoms with Gasteiger partial charge in [-0.15, -0.1) is 0 Å². The highest BCUT2D eigenvalue weighted by molar-refractivity contribution is 7.93. The van der Waals surface area contributed by atoms with Crippen molar-refractivity contribution in [3.8, 4) is 0 Å². The second-order valence-corrected chi connectivity index (χ2v) is 9.31. The van der Waals surface area contributed by atoms with Crippen molar-refractivity contribution in [2.24, 2.45) is 0 Å². The van der Waals surface area contributed by atoms with Gasteiger partial charge in [-0.05, 0) is 30.7 Å². The maximum Gasteiger partial charge on any atom is 0.332 e. The zero-order valence-electron chi connectivity index (χ0n) is 15.9. The molecule has 9 nitrogen and oxygen atoms in total. The number of aliphatic carboxylic acids is 1. The SMILES string of the molecule is CC(=O)NC1COC2(C=C(C(=O)O)C(S(=O)(=O)Nc3ccc(F)cc3Cl)CC2)OC1. The summed E-state index contributed by atoms with van der Waals surface area (Å²) >= 11 is 5.87. The van der Waals surface area contributed by atoms with Crippen LogP contribution in [0.5, 0.6) is 0 Å². The first-order chi connectivity index (χ1) is 14.0. The monoisotopic (exact) mass is 462 g/mol. The lowest BCUT2D eigenvalue weighted by Crippen LogP contribution is -2.53. The van der Waals surface area contributed by atoms with E-state index in [1.807, 2.05) is 0 Å². The van der Waals surface area contributed by atoms with Crippen molar-refractivity contribution in [1.29, 1.82) is 0 Å².